The molecule has 3 aromatic rings. The first-order valence-corrected chi connectivity index (χ1v) is 11.4. The molecule has 162 valence electrons. The van der Waals surface area contributed by atoms with Crippen LogP contribution in [0.15, 0.2) is 60.0 Å². The van der Waals surface area contributed by atoms with E-state index in [1.165, 1.54) is 16.0 Å². The minimum atomic E-state index is 0.00128. The van der Waals surface area contributed by atoms with E-state index in [1.807, 2.05) is 35.6 Å². The summed E-state index contributed by atoms with van der Waals surface area (Å²) in [6, 6.07) is 18.4. The van der Waals surface area contributed by atoms with Crippen molar-refractivity contribution in [3.05, 3.63) is 81.5 Å². The molecule has 0 saturated heterocycles. The zero-order valence-electron chi connectivity index (χ0n) is 18.0. The highest BCUT2D eigenvalue weighted by Gasteiger charge is 2.25. The molecule has 6 heteroatoms. The van der Waals surface area contributed by atoms with E-state index in [0.29, 0.717) is 24.5 Å². The largest absolute Gasteiger partial charge is 0.493 e. The van der Waals surface area contributed by atoms with E-state index in [9.17, 15) is 4.79 Å². The second kappa shape index (κ2) is 9.98. The number of hydrogen-bond acceptors (Lipinski definition) is 5. The van der Waals surface area contributed by atoms with E-state index in [0.717, 1.165) is 25.1 Å². The predicted octanol–water partition coefficient (Wildman–Crippen LogP) is 4.22. The second-order valence-corrected chi connectivity index (χ2v) is 8.69. The third kappa shape index (κ3) is 5.09. The molecule has 2 aromatic carbocycles. The van der Waals surface area contributed by atoms with Crippen molar-refractivity contribution in [2.75, 3.05) is 27.3 Å². The third-order valence-corrected chi connectivity index (χ3v) is 6.79. The van der Waals surface area contributed by atoms with Crippen LogP contribution < -0.4 is 14.8 Å². The standard InChI is InChI=1S/C25H28N2O3S/c1-29-22-9-8-18(14-23(22)30-2)15-25(28)26-16-21(19-6-4-3-5-7-19)27-12-10-24-20(17-27)11-13-31-24/h3-9,11,13-14,21H,10,12,15-17H2,1-2H3,(H,26,28). The highest BCUT2D eigenvalue weighted by Crippen LogP contribution is 2.30. The topological polar surface area (TPSA) is 50.8 Å². The number of thiophene rings is 1. The highest BCUT2D eigenvalue weighted by atomic mass is 32.1. The maximum atomic E-state index is 12.7. The molecule has 1 N–H and O–H groups in total. The summed E-state index contributed by atoms with van der Waals surface area (Å²) >= 11 is 1.84. The monoisotopic (exact) mass is 436 g/mol. The van der Waals surface area contributed by atoms with Crippen LogP contribution in [0.5, 0.6) is 11.5 Å². The lowest BCUT2D eigenvalue weighted by Gasteiger charge is -2.35. The summed E-state index contributed by atoms with van der Waals surface area (Å²) in [4.78, 5) is 16.7. The summed E-state index contributed by atoms with van der Waals surface area (Å²) in [7, 11) is 3.21. The summed E-state index contributed by atoms with van der Waals surface area (Å²) < 4.78 is 10.6. The van der Waals surface area contributed by atoms with E-state index in [4.69, 9.17) is 9.47 Å². The van der Waals surface area contributed by atoms with Crippen molar-refractivity contribution < 1.29 is 14.3 Å². The van der Waals surface area contributed by atoms with Gasteiger partial charge in [0, 0.05) is 24.5 Å². The molecule has 1 atom stereocenters. The van der Waals surface area contributed by atoms with Crippen LogP contribution in [0.1, 0.15) is 27.6 Å². The van der Waals surface area contributed by atoms with Gasteiger partial charge in [-0.05, 0) is 46.7 Å². The Kier molecular flexibility index (Phi) is 6.89. The summed E-state index contributed by atoms with van der Waals surface area (Å²) in [5.41, 5.74) is 3.54. The van der Waals surface area contributed by atoms with Gasteiger partial charge >= 0.3 is 0 Å². The molecule has 2 heterocycles. The van der Waals surface area contributed by atoms with E-state index in [1.54, 1.807) is 14.2 Å². The van der Waals surface area contributed by atoms with E-state index >= 15 is 0 Å². The van der Waals surface area contributed by atoms with Gasteiger partial charge in [-0.25, -0.2) is 0 Å². The second-order valence-electron chi connectivity index (χ2n) is 7.69. The molecule has 1 aromatic heterocycles. The van der Waals surface area contributed by atoms with Crippen molar-refractivity contribution in [1.29, 1.82) is 0 Å². The third-order valence-electron chi connectivity index (χ3n) is 5.77. The Morgan fingerprint density at radius 2 is 1.90 bits per heavy atom. The summed E-state index contributed by atoms with van der Waals surface area (Å²) in [5.74, 6) is 1.30. The van der Waals surface area contributed by atoms with Gasteiger partial charge in [0.1, 0.15) is 0 Å². The van der Waals surface area contributed by atoms with Gasteiger partial charge in [0.15, 0.2) is 11.5 Å². The first kappa shape index (κ1) is 21.4. The molecule has 0 aliphatic carbocycles. The first-order chi connectivity index (χ1) is 15.2. The molecule has 31 heavy (non-hydrogen) atoms. The molecule has 1 aliphatic heterocycles. The van der Waals surface area contributed by atoms with Crippen LogP contribution >= 0.6 is 11.3 Å². The van der Waals surface area contributed by atoms with Gasteiger partial charge in [-0.1, -0.05) is 36.4 Å². The predicted molar refractivity (Wildman–Crippen MR) is 124 cm³/mol. The van der Waals surface area contributed by atoms with Gasteiger partial charge in [0.25, 0.3) is 0 Å². The van der Waals surface area contributed by atoms with Crippen LogP contribution in [0.2, 0.25) is 0 Å². The Hall–Kier alpha value is -2.83. The lowest BCUT2D eigenvalue weighted by atomic mass is 10.0. The number of methoxy groups -OCH3 is 2. The Morgan fingerprint density at radius 3 is 2.68 bits per heavy atom. The zero-order valence-corrected chi connectivity index (χ0v) is 18.8. The summed E-state index contributed by atoms with van der Waals surface area (Å²) in [5, 5.41) is 5.34. The molecular weight excluding hydrogens is 408 g/mol. The fourth-order valence-corrected chi connectivity index (χ4v) is 5.01. The minimum Gasteiger partial charge on any atom is -0.493 e. The number of carbonyl (C=O) groups excluding carboxylic acids is 1. The fourth-order valence-electron chi connectivity index (χ4n) is 4.12. The highest BCUT2D eigenvalue weighted by molar-refractivity contribution is 7.10. The van der Waals surface area contributed by atoms with Crippen molar-refractivity contribution in [1.82, 2.24) is 10.2 Å². The molecule has 1 amide bonds. The first-order valence-electron chi connectivity index (χ1n) is 10.5. The summed E-state index contributed by atoms with van der Waals surface area (Å²) in [6.45, 7) is 2.50. The number of nitrogens with one attached hydrogen (secondary N) is 1. The van der Waals surface area contributed by atoms with Crippen molar-refractivity contribution >= 4 is 17.2 Å². The molecule has 1 unspecified atom stereocenters. The lowest BCUT2D eigenvalue weighted by Crippen LogP contribution is -2.40. The van der Waals surface area contributed by atoms with Crippen molar-refractivity contribution in [2.45, 2.75) is 25.4 Å². The van der Waals surface area contributed by atoms with Crippen LogP contribution in [-0.4, -0.2) is 38.1 Å². The number of fused-ring (bicyclic) bond motifs is 1. The zero-order chi connectivity index (χ0) is 21.6. The molecule has 4 rings (SSSR count). The van der Waals surface area contributed by atoms with Crippen molar-refractivity contribution in [3.63, 3.8) is 0 Å². The molecule has 5 nitrogen and oxygen atoms in total. The number of amides is 1. The lowest BCUT2D eigenvalue weighted by molar-refractivity contribution is -0.120. The number of carbonyl (C=O) groups is 1. The Bertz CT molecular complexity index is 1020. The van der Waals surface area contributed by atoms with Gasteiger partial charge < -0.3 is 14.8 Å². The Labute approximate surface area is 187 Å². The molecule has 1 aliphatic rings. The number of rotatable bonds is 8. The van der Waals surface area contributed by atoms with Crippen LogP contribution in [0, 0.1) is 0 Å². The number of nitrogens with zero attached hydrogens (tertiary/aromatic N) is 1. The van der Waals surface area contributed by atoms with Crippen LogP contribution in [0.25, 0.3) is 0 Å². The maximum absolute atomic E-state index is 12.7. The smallest absolute Gasteiger partial charge is 0.224 e. The SMILES string of the molecule is COc1ccc(CC(=O)NCC(c2ccccc2)N2CCc3sccc3C2)cc1OC. The molecule has 0 fully saturated rings. The molecular formula is C25H28N2O3S. The van der Waals surface area contributed by atoms with Crippen molar-refractivity contribution in [3.8, 4) is 11.5 Å². The van der Waals surface area contributed by atoms with Crippen LogP contribution in [0.3, 0.4) is 0 Å². The minimum absolute atomic E-state index is 0.00128. The quantitative estimate of drug-likeness (QED) is 0.574. The molecule has 0 bridgehead atoms. The van der Waals surface area contributed by atoms with E-state index in [-0.39, 0.29) is 11.9 Å². The van der Waals surface area contributed by atoms with E-state index in [2.05, 4.69) is 45.9 Å². The Morgan fingerprint density at radius 1 is 1.10 bits per heavy atom. The average Bonchev–Trinajstić information content (AvgIpc) is 3.28. The summed E-state index contributed by atoms with van der Waals surface area (Å²) in [6.07, 6.45) is 1.37. The number of hydrogen-bond donors (Lipinski definition) is 1. The molecule has 0 spiro atoms. The normalized spacial score (nSPS) is 14.5. The van der Waals surface area contributed by atoms with Gasteiger partial charge in [0.2, 0.25) is 5.91 Å². The van der Waals surface area contributed by atoms with Gasteiger partial charge in [-0.3, -0.25) is 9.69 Å². The number of ether oxygens (including phenoxy) is 2. The fraction of sp³-hybridized carbons (Fsp3) is 0.320. The molecule has 0 radical (unpaired) electrons. The maximum Gasteiger partial charge on any atom is 0.224 e. The molecule has 0 saturated carbocycles. The van der Waals surface area contributed by atoms with Crippen molar-refractivity contribution in [2.24, 2.45) is 0 Å². The Balaban J connectivity index is 1.44. The van der Waals surface area contributed by atoms with Gasteiger partial charge in [-0.15, -0.1) is 11.3 Å². The number of benzene rings is 2. The average molecular weight is 437 g/mol. The van der Waals surface area contributed by atoms with Gasteiger partial charge in [-0.2, -0.15) is 0 Å². The van der Waals surface area contributed by atoms with Gasteiger partial charge in [0.05, 0.1) is 26.7 Å². The van der Waals surface area contributed by atoms with Crippen LogP contribution in [0.4, 0.5) is 0 Å². The van der Waals surface area contributed by atoms with Crippen LogP contribution in [-0.2, 0) is 24.2 Å². The van der Waals surface area contributed by atoms with E-state index < -0.39 is 0 Å².